The molecular formula is C16H29N3O2S. The van der Waals surface area contributed by atoms with E-state index in [1.165, 1.54) is 44.9 Å². The minimum absolute atomic E-state index is 0.206. The SMILES string of the molecule is O=S1(=O)CCC(CN=C(NCC2CCCCC2)NC2CC2)C1. The van der Waals surface area contributed by atoms with Gasteiger partial charge in [-0.1, -0.05) is 19.3 Å². The lowest BCUT2D eigenvalue weighted by atomic mass is 9.89. The van der Waals surface area contributed by atoms with Gasteiger partial charge in [0.1, 0.15) is 0 Å². The molecule has 5 nitrogen and oxygen atoms in total. The molecule has 3 aliphatic rings. The van der Waals surface area contributed by atoms with E-state index >= 15 is 0 Å². The Kier molecular flexibility index (Phi) is 5.26. The van der Waals surface area contributed by atoms with Crippen LogP contribution in [0, 0.1) is 11.8 Å². The van der Waals surface area contributed by atoms with Gasteiger partial charge in [0.25, 0.3) is 0 Å². The van der Waals surface area contributed by atoms with Gasteiger partial charge in [-0.15, -0.1) is 0 Å². The zero-order chi connectivity index (χ0) is 15.4. The molecule has 0 aromatic heterocycles. The maximum Gasteiger partial charge on any atom is 0.191 e. The van der Waals surface area contributed by atoms with Gasteiger partial charge < -0.3 is 10.6 Å². The Bertz CT molecular complexity index is 494. The molecule has 6 heteroatoms. The van der Waals surface area contributed by atoms with Crippen LogP contribution in [0.15, 0.2) is 4.99 Å². The Morgan fingerprint density at radius 3 is 2.41 bits per heavy atom. The third kappa shape index (κ3) is 5.14. The number of hydrogen-bond acceptors (Lipinski definition) is 3. The highest BCUT2D eigenvalue weighted by molar-refractivity contribution is 7.91. The number of aliphatic imine (C=N–C) groups is 1. The van der Waals surface area contributed by atoms with Gasteiger partial charge >= 0.3 is 0 Å². The molecule has 1 unspecified atom stereocenters. The van der Waals surface area contributed by atoms with Crippen LogP contribution in [0.3, 0.4) is 0 Å². The molecule has 0 spiro atoms. The molecule has 0 aromatic carbocycles. The van der Waals surface area contributed by atoms with Gasteiger partial charge in [0, 0.05) is 19.1 Å². The van der Waals surface area contributed by atoms with Crippen LogP contribution in [0.4, 0.5) is 0 Å². The summed E-state index contributed by atoms with van der Waals surface area (Å²) in [5.74, 6) is 2.53. The van der Waals surface area contributed by atoms with Crippen LogP contribution < -0.4 is 10.6 Å². The first-order valence-electron chi connectivity index (χ1n) is 8.86. The van der Waals surface area contributed by atoms with Gasteiger partial charge in [0.15, 0.2) is 15.8 Å². The summed E-state index contributed by atoms with van der Waals surface area (Å²) in [6, 6.07) is 0.574. The number of guanidine groups is 1. The lowest BCUT2D eigenvalue weighted by molar-refractivity contribution is 0.355. The van der Waals surface area contributed by atoms with Gasteiger partial charge in [0.05, 0.1) is 11.5 Å². The normalized spacial score (nSPS) is 29.5. The smallest absolute Gasteiger partial charge is 0.191 e. The first-order valence-corrected chi connectivity index (χ1v) is 10.7. The highest BCUT2D eigenvalue weighted by Gasteiger charge is 2.28. The molecule has 126 valence electrons. The maximum absolute atomic E-state index is 11.5. The molecule has 1 atom stereocenters. The second-order valence-corrected chi connectivity index (χ2v) is 9.49. The van der Waals surface area contributed by atoms with Crippen molar-refractivity contribution in [1.82, 2.24) is 10.6 Å². The average molecular weight is 327 g/mol. The van der Waals surface area contributed by atoms with Crippen molar-refractivity contribution in [3.05, 3.63) is 0 Å². The van der Waals surface area contributed by atoms with Crippen LogP contribution in [0.25, 0.3) is 0 Å². The lowest BCUT2D eigenvalue weighted by Crippen LogP contribution is -2.41. The monoisotopic (exact) mass is 327 g/mol. The topological polar surface area (TPSA) is 70.6 Å². The van der Waals surface area contributed by atoms with E-state index in [-0.39, 0.29) is 5.92 Å². The number of hydrogen-bond donors (Lipinski definition) is 2. The van der Waals surface area contributed by atoms with E-state index in [4.69, 9.17) is 0 Å². The van der Waals surface area contributed by atoms with Crippen LogP contribution in [0.2, 0.25) is 0 Å². The number of nitrogens with zero attached hydrogens (tertiary/aromatic N) is 1. The van der Waals surface area contributed by atoms with Gasteiger partial charge in [-0.3, -0.25) is 4.99 Å². The van der Waals surface area contributed by atoms with Crippen LogP contribution in [-0.2, 0) is 9.84 Å². The van der Waals surface area contributed by atoms with E-state index < -0.39 is 9.84 Å². The zero-order valence-electron chi connectivity index (χ0n) is 13.4. The van der Waals surface area contributed by atoms with Crippen molar-refractivity contribution in [2.45, 2.75) is 57.4 Å². The minimum Gasteiger partial charge on any atom is -0.356 e. The maximum atomic E-state index is 11.5. The largest absolute Gasteiger partial charge is 0.356 e. The van der Waals surface area contributed by atoms with Gasteiger partial charge in [-0.05, 0) is 43.9 Å². The highest BCUT2D eigenvalue weighted by Crippen LogP contribution is 2.23. The quantitative estimate of drug-likeness (QED) is 0.595. The Hall–Kier alpha value is -0.780. The summed E-state index contributed by atoms with van der Waals surface area (Å²) in [6.07, 6.45) is 9.96. The van der Waals surface area contributed by atoms with Gasteiger partial charge in [-0.25, -0.2) is 8.42 Å². The molecule has 3 rings (SSSR count). The molecule has 3 fully saturated rings. The first-order chi connectivity index (χ1) is 10.6. The molecule has 0 aromatic rings. The molecule has 1 saturated heterocycles. The summed E-state index contributed by atoms with van der Waals surface area (Å²) >= 11 is 0. The Morgan fingerprint density at radius 2 is 1.77 bits per heavy atom. The van der Waals surface area contributed by atoms with E-state index in [9.17, 15) is 8.42 Å². The summed E-state index contributed by atoms with van der Waals surface area (Å²) < 4.78 is 23.1. The Labute approximate surface area is 134 Å². The number of nitrogens with one attached hydrogen (secondary N) is 2. The second kappa shape index (κ2) is 7.20. The van der Waals surface area contributed by atoms with E-state index in [1.54, 1.807) is 0 Å². The fraction of sp³-hybridized carbons (Fsp3) is 0.938. The summed E-state index contributed by atoms with van der Waals surface area (Å²) in [7, 11) is -2.79. The Morgan fingerprint density at radius 1 is 1.00 bits per heavy atom. The van der Waals surface area contributed by atoms with E-state index in [0.29, 0.717) is 24.1 Å². The fourth-order valence-corrected chi connectivity index (χ4v) is 5.29. The third-order valence-corrected chi connectivity index (χ3v) is 6.87. The summed E-state index contributed by atoms with van der Waals surface area (Å²) in [5.41, 5.74) is 0. The summed E-state index contributed by atoms with van der Waals surface area (Å²) in [5, 5.41) is 6.96. The molecule has 0 bridgehead atoms. The average Bonchev–Trinajstić information content (AvgIpc) is 3.25. The third-order valence-electron chi connectivity index (χ3n) is 5.04. The van der Waals surface area contributed by atoms with Crippen molar-refractivity contribution in [3.8, 4) is 0 Å². The van der Waals surface area contributed by atoms with Crippen molar-refractivity contribution < 1.29 is 8.42 Å². The molecule has 2 saturated carbocycles. The standard InChI is InChI=1S/C16H29N3O2S/c20-22(21)9-8-14(12-22)11-18-16(19-15-6-7-15)17-10-13-4-2-1-3-5-13/h13-15H,1-12H2,(H2,17,18,19). The van der Waals surface area contributed by atoms with Crippen molar-refractivity contribution in [2.75, 3.05) is 24.6 Å². The van der Waals surface area contributed by atoms with Crippen LogP contribution >= 0.6 is 0 Å². The van der Waals surface area contributed by atoms with Gasteiger partial charge in [0.2, 0.25) is 0 Å². The van der Waals surface area contributed by atoms with E-state index in [0.717, 1.165) is 24.8 Å². The number of rotatable bonds is 5. The van der Waals surface area contributed by atoms with Crippen molar-refractivity contribution >= 4 is 15.8 Å². The fourth-order valence-electron chi connectivity index (χ4n) is 3.44. The van der Waals surface area contributed by atoms with Crippen molar-refractivity contribution in [1.29, 1.82) is 0 Å². The van der Waals surface area contributed by atoms with E-state index in [1.807, 2.05) is 0 Å². The van der Waals surface area contributed by atoms with Crippen molar-refractivity contribution in [2.24, 2.45) is 16.8 Å². The molecule has 0 radical (unpaired) electrons. The second-order valence-electron chi connectivity index (χ2n) is 7.26. The van der Waals surface area contributed by atoms with Crippen LogP contribution in [0.1, 0.15) is 51.4 Å². The predicted molar refractivity (Wildman–Crippen MR) is 89.8 cm³/mol. The molecule has 1 heterocycles. The van der Waals surface area contributed by atoms with E-state index in [2.05, 4.69) is 15.6 Å². The molecule has 2 N–H and O–H groups in total. The zero-order valence-corrected chi connectivity index (χ0v) is 14.2. The predicted octanol–water partition coefficient (Wildman–Crippen LogP) is 1.70. The first kappa shape index (κ1) is 16.1. The summed E-state index contributed by atoms with van der Waals surface area (Å²) in [4.78, 5) is 4.67. The van der Waals surface area contributed by atoms with Gasteiger partial charge in [-0.2, -0.15) is 0 Å². The molecule has 2 aliphatic carbocycles. The van der Waals surface area contributed by atoms with Crippen LogP contribution in [0.5, 0.6) is 0 Å². The minimum atomic E-state index is -2.79. The highest BCUT2D eigenvalue weighted by atomic mass is 32.2. The summed E-state index contributed by atoms with van der Waals surface area (Å²) in [6.45, 7) is 1.63. The molecule has 0 amide bonds. The van der Waals surface area contributed by atoms with Crippen molar-refractivity contribution in [3.63, 3.8) is 0 Å². The lowest BCUT2D eigenvalue weighted by Gasteiger charge is -2.23. The number of sulfone groups is 1. The molecule has 22 heavy (non-hydrogen) atoms. The molecule has 1 aliphatic heterocycles. The van der Waals surface area contributed by atoms with Crippen LogP contribution in [-0.4, -0.2) is 45.0 Å². The molecular weight excluding hydrogens is 298 g/mol. The Balaban J connectivity index is 1.48.